The van der Waals surface area contributed by atoms with Gasteiger partial charge in [-0.15, -0.1) is 0 Å². The van der Waals surface area contributed by atoms with Crippen LogP contribution in [-0.4, -0.2) is 24.8 Å². The molecule has 0 saturated heterocycles. The van der Waals surface area contributed by atoms with Gasteiger partial charge in [-0.05, 0) is 19.1 Å². The Labute approximate surface area is 100 Å². The Morgan fingerprint density at radius 2 is 2.24 bits per heavy atom. The van der Waals surface area contributed by atoms with Gasteiger partial charge in [0.25, 0.3) is 0 Å². The number of rotatable bonds is 3. The Morgan fingerprint density at radius 3 is 2.82 bits per heavy atom. The summed E-state index contributed by atoms with van der Waals surface area (Å²) in [7, 11) is 1.51. The highest BCUT2D eigenvalue weighted by Crippen LogP contribution is 2.22. The van der Waals surface area contributed by atoms with Gasteiger partial charge >= 0.3 is 5.97 Å². The van der Waals surface area contributed by atoms with Gasteiger partial charge in [0, 0.05) is 6.07 Å². The zero-order chi connectivity index (χ0) is 12.7. The molecule has 0 fully saturated rings. The van der Waals surface area contributed by atoms with E-state index >= 15 is 0 Å². The summed E-state index contributed by atoms with van der Waals surface area (Å²) in [6, 6.07) is 4.79. The number of hydrogen-bond acceptors (Lipinski definition) is 4. The summed E-state index contributed by atoms with van der Waals surface area (Å²) in [5, 5.41) is 9.59. The number of ether oxygens (including phenoxy) is 2. The molecule has 0 saturated carbocycles. The predicted octanol–water partition coefficient (Wildman–Crippen LogP) is 1.71. The van der Waals surface area contributed by atoms with Crippen molar-refractivity contribution in [1.82, 2.24) is 0 Å². The first-order valence-electron chi connectivity index (χ1n) is 5.19. The Kier molecular flexibility index (Phi) is 4.89. The normalized spacial score (nSPS) is 9.06. The minimum atomic E-state index is -0.368. The number of phenolic OH excluding ortho intramolecular Hbond substituents is 1. The minimum Gasteiger partial charge on any atom is -0.507 e. The molecule has 4 heteroatoms. The summed E-state index contributed by atoms with van der Waals surface area (Å²) in [6.45, 7) is 2.08. The van der Waals surface area contributed by atoms with Crippen LogP contribution in [0.4, 0.5) is 0 Å². The molecular weight excluding hydrogens is 220 g/mol. The van der Waals surface area contributed by atoms with Gasteiger partial charge in [0.05, 0.1) is 19.3 Å². The van der Waals surface area contributed by atoms with Crippen molar-refractivity contribution in [2.45, 2.75) is 13.3 Å². The number of carbonyl (C=O) groups is 1. The number of hydrogen-bond donors (Lipinski definition) is 1. The first-order valence-corrected chi connectivity index (χ1v) is 5.19. The lowest BCUT2D eigenvalue weighted by Crippen LogP contribution is -2.01. The van der Waals surface area contributed by atoms with Crippen LogP contribution in [0, 0.1) is 11.8 Å². The predicted molar refractivity (Wildman–Crippen MR) is 62.8 cm³/mol. The van der Waals surface area contributed by atoms with E-state index in [-0.39, 0.29) is 18.1 Å². The first kappa shape index (κ1) is 12.9. The molecule has 0 aliphatic rings. The molecule has 0 amide bonds. The Balaban J connectivity index is 2.69. The van der Waals surface area contributed by atoms with E-state index in [1.165, 1.54) is 13.2 Å². The zero-order valence-corrected chi connectivity index (χ0v) is 9.82. The monoisotopic (exact) mass is 234 g/mol. The second-order valence-electron chi connectivity index (χ2n) is 3.17. The van der Waals surface area contributed by atoms with Crippen LogP contribution in [0.15, 0.2) is 18.2 Å². The molecule has 17 heavy (non-hydrogen) atoms. The van der Waals surface area contributed by atoms with Crippen LogP contribution >= 0.6 is 0 Å². The number of carbonyl (C=O) groups excluding carboxylic acids is 1. The summed E-state index contributed by atoms with van der Waals surface area (Å²) < 4.78 is 9.66. The molecule has 90 valence electrons. The van der Waals surface area contributed by atoms with E-state index in [9.17, 15) is 9.90 Å². The molecule has 0 aromatic heterocycles. The van der Waals surface area contributed by atoms with E-state index in [4.69, 9.17) is 9.47 Å². The molecular formula is C13H14O4. The number of benzene rings is 1. The van der Waals surface area contributed by atoms with Gasteiger partial charge in [0.15, 0.2) is 0 Å². The fraction of sp³-hybridized carbons (Fsp3) is 0.308. The van der Waals surface area contributed by atoms with Crippen LogP contribution in [0.5, 0.6) is 11.5 Å². The van der Waals surface area contributed by atoms with Crippen molar-refractivity contribution >= 4 is 5.97 Å². The van der Waals surface area contributed by atoms with Crippen molar-refractivity contribution in [3.05, 3.63) is 23.8 Å². The van der Waals surface area contributed by atoms with Crippen LogP contribution in [0.3, 0.4) is 0 Å². The fourth-order valence-electron chi connectivity index (χ4n) is 1.17. The summed E-state index contributed by atoms with van der Waals surface area (Å²) in [5.74, 6) is 5.55. The maximum Gasteiger partial charge on any atom is 0.317 e. The average molecular weight is 234 g/mol. The quantitative estimate of drug-likeness (QED) is 0.639. The van der Waals surface area contributed by atoms with Crippen molar-refractivity contribution in [3.63, 3.8) is 0 Å². The molecule has 0 aliphatic carbocycles. The van der Waals surface area contributed by atoms with E-state index in [0.717, 1.165) is 0 Å². The van der Waals surface area contributed by atoms with E-state index in [1.54, 1.807) is 19.1 Å². The fourth-order valence-corrected chi connectivity index (χ4v) is 1.17. The van der Waals surface area contributed by atoms with E-state index in [0.29, 0.717) is 17.9 Å². The molecule has 1 N–H and O–H groups in total. The smallest absolute Gasteiger partial charge is 0.317 e. The molecule has 1 aromatic carbocycles. The molecule has 4 nitrogen and oxygen atoms in total. The second-order valence-corrected chi connectivity index (χ2v) is 3.17. The highest BCUT2D eigenvalue weighted by atomic mass is 16.5. The molecule has 0 bridgehead atoms. The molecule has 0 unspecified atom stereocenters. The van der Waals surface area contributed by atoms with E-state index in [2.05, 4.69) is 11.8 Å². The van der Waals surface area contributed by atoms with Gasteiger partial charge in [-0.3, -0.25) is 4.79 Å². The standard InChI is InChI=1S/C13H14O4/c1-3-17-13(15)6-4-5-10-7-8-11(16-2)9-12(10)14/h7-9,14H,3,6H2,1-2H3. The lowest BCUT2D eigenvalue weighted by atomic mass is 10.2. The van der Waals surface area contributed by atoms with Crippen LogP contribution in [0.2, 0.25) is 0 Å². The van der Waals surface area contributed by atoms with Crippen molar-refractivity contribution < 1.29 is 19.4 Å². The third-order valence-electron chi connectivity index (χ3n) is 1.97. The number of phenols is 1. The average Bonchev–Trinajstić information content (AvgIpc) is 2.31. The van der Waals surface area contributed by atoms with Crippen molar-refractivity contribution in [3.8, 4) is 23.3 Å². The molecule has 1 aromatic rings. The number of aromatic hydroxyl groups is 1. The Hall–Kier alpha value is -2.15. The summed E-state index contributed by atoms with van der Waals surface area (Å²) >= 11 is 0. The molecule has 0 radical (unpaired) electrons. The maximum absolute atomic E-state index is 11.0. The molecule has 0 aliphatic heterocycles. The Bertz CT molecular complexity index is 454. The van der Waals surface area contributed by atoms with Gasteiger partial charge in [-0.1, -0.05) is 11.8 Å². The van der Waals surface area contributed by atoms with Crippen LogP contribution in [-0.2, 0) is 9.53 Å². The van der Waals surface area contributed by atoms with E-state index < -0.39 is 0 Å². The Morgan fingerprint density at radius 1 is 1.47 bits per heavy atom. The summed E-state index contributed by atoms with van der Waals surface area (Å²) in [5.41, 5.74) is 0.454. The van der Waals surface area contributed by atoms with Gasteiger partial charge in [-0.2, -0.15) is 0 Å². The largest absolute Gasteiger partial charge is 0.507 e. The van der Waals surface area contributed by atoms with Crippen LogP contribution in [0.25, 0.3) is 0 Å². The zero-order valence-electron chi connectivity index (χ0n) is 9.82. The maximum atomic E-state index is 11.0. The highest BCUT2D eigenvalue weighted by Gasteiger charge is 2.00. The lowest BCUT2D eigenvalue weighted by molar-refractivity contribution is -0.141. The number of methoxy groups -OCH3 is 1. The van der Waals surface area contributed by atoms with Gasteiger partial charge in [0.1, 0.15) is 17.9 Å². The van der Waals surface area contributed by atoms with Crippen LogP contribution in [0.1, 0.15) is 18.9 Å². The van der Waals surface area contributed by atoms with Crippen molar-refractivity contribution in [2.75, 3.05) is 13.7 Å². The first-order chi connectivity index (χ1) is 8.17. The second kappa shape index (κ2) is 6.44. The minimum absolute atomic E-state index is 0.0132. The third kappa shape index (κ3) is 4.07. The van der Waals surface area contributed by atoms with Gasteiger partial charge in [0.2, 0.25) is 0 Å². The number of esters is 1. The van der Waals surface area contributed by atoms with Crippen molar-refractivity contribution in [1.29, 1.82) is 0 Å². The molecule has 1 rings (SSSR count). The van der Waals surface area contributed by atoms with Gasteiger partial charge < -0.3 is 14.6 Å². The lowest BCUT2D eigenvalue weighted by Gasteiger charge is -2.01. The van der Waals surface area contributed by atoms with E-state index in [1.807, 2.05) is 0 Å². The highest BCUT2D eigenvalue weighted by molar-refractivity contribution is 5.72. The SMILES string of the molecule is CCOC(=O)CC#Cc1ccc(OC)cc1O. The van der Waals surface area contributed by atoms with Crippen LogP contribution < -0.4 is 4.74 Å². The topological polar surface area (TPSA) is 55.8 Å². The van der Waals surface area contributed by atoms with Gasteiger partial charge in [-0.25, -0.2) is 0 Å². The van der Waals surface area contributed by atoms with Crippen molar-refractivity contribution in [2.24, 2.45) is 0 Å². The third-order valence-corrected chi connectivity index (χ3v) is 1.97. The summed E-state index contributed by atoms with van der Waals surface area (Å²) in [4.78, 5) is 11.0. The molecule has 0 heterocycles. The molecule has 0 spiro atoms. The molecule has 0 atom stereocenters. The summed E-state index contributed by atoms with van der Waals surface area (Å²) in [6.07, 6.45) is 0.0132.